The largest absolute Gasteiger partial charge is 0.382 e. The second-order valence-corrected chi connectivity index (χ2v) is 10.9. The molecule has 2 saturated carbocycles. The van der Waals surface area contributed by atoms with Gasteiger partial charge in [-0.25, -0.2) is 13.1 Å². The zero-order valence-corrected chi connectivity index (χ0v) is 18.0. The quantitative estimate of drug-likeness (QED) is 0.498. The lowest BCUT2D eigenvalue weighted by Gasteiger charge is -2.55. The van der Waals surface area contributed by atoms with Crippen LogP contribution in [0.3, 0.4) is 0 Å². The number of rotatable bonds is 1. The van der Waals surface area contributed by atoms with Crippen LogP contribution in [0.5, 0.6) is 0 Å². The van der Waals surface area contributed by atoms with Crippen molar-refractivity contribution in [3.63, 3.8) is 0 Å². The van der Waals surface area contributed by atoms with Gasteiger partial charge in [0.1, 0.15) is 5.60 Å². The summed E-state index contributed by atoms with van der Waals surface area (Å²) in [7, 11) is 0. The zero-order chi connectivity index (χ0) is 20.3. The molecule has 27 heavy (non-hydrogen) atoms. The fraction of sp³-hybridized carbons (Fsp3) is 0.909. The molecule has 0 aromatic heterocycles. The van der Waals surface area contributed by atoms with Crippen molar-refractivity contribution < 1.29 is 9.84 Å². The zero-order valence-electron chi connectivity index (χ0n) is 17.3. The first-order valence-electron chi connectivity index (χ1n) is 10.2. The summed E-state index contributed by atoms with van der Waals surface area (Å²) < 4.78 is 6.58. The Bertz CT molecular complexity index is 679. The lowest BCUT2D eigenvalue weighted by molar-refractivity contribution is -0.203. The molecule has 3 aliphatic rings. The molecule has 1 unspecified atom stereocenters. The van der Waals surface area contributed by atoms with Crippen molar-refractivity contribution in [3.8, 4) is 0 Å². The van der Waals surface area contributed by atoms with Gasteiger partial charge < -0.3 is 19.5 Å². The summed E-state index contributed by atoms with van der Waals surface area (Å²) in [6.07, 6.45) is 4.84. The summed E-state index contributed by atoms with van der Waals surface area (Å²) in [5, 5.41) is 10.8. The molecular weight excluding hydrogens is 360 g/mol. The van der Waals surface area contributed by atoms with Gasteiger partial charge in [-0.05, 0) is 65.7 Å². The second-order valence-electron chi connectivity index (χ2n) is 10.4. The van der Waals surface area contributed by atoms with Crippen LogP contribution in [0.4, 0.5) is 0 Å². The Labute approximate surface area is 169 Å². The van der Waals surface area contributed by atoms with E-state index in [0.29, 0.717) is 6.42 Å². The highest BCUT2D eigenvalue weighted by molar-refractivity contribution is 6.21. The number of ether oxygens (including phenoxy) is 1. The molecule has 0 radical (unpaired) electrons. The van der Waals surface area contributed by atoms with Crippen LogP contribution in [0, 0.1) is 30.9 Å². The first-order valence-corrected chi connectivity index (χ1v) is 10.6. The number of hydrogen-bond donors (Lipinski definition) is 1. The summed E-state index contributed by atoms with van der Waals surface area (Å²) in [5.41, 5.74) is -2.22. The van der Waals surface area contributed by atoms with Crippen LogP contribution < -0.4 is 0 Å². The minimum atomic E-state index is -0.970. The fourth-order valence-electron chi connectivity index (χ4n) is 6.21. The number of alkyl halides is 1. The van der Waals surface area contributed by atoms with Crippen LogP contribution in [0.1, 0.15) is 73.1 Å². The third-order valence-electron chi connectivity index (χ3n) is 7.94. The van der Waals surface area contributed by atoms with E-state index >= 15 is 0 Å². The number of nitrogens with zero attached hydrogens (tertiary/aromatic N) is 2. The highest BCUT2D eigenvalue weighted by atomic mass is 35.5. The molecule has 1 N–H and O–H groups in total. The van der Waals surface area contributed by atoms with Gasteiger partial charge in [0.15, 0.2) is 0 Å². The van der Waals surface area contributed by atoms with Crippen LogP contribution in [-0.2, 0) is 4.74 Å². The Morgan fingerprint density at radius 2 is 1.74 bits per heavy atom. The van der Waals surface area contributed by atoms with Gasteiger partial charge in [-0.1, -0.05) is 0 Å². The van der Waals surface area contributed by atoms with Crippen LogP contribution >= 0.6 is 11.6 Å². The summed E-state index contributed by atoms with van der Waals surface area (Å²) in [5.74, 6) is 0.410. The highest BCUT2D eigenvalue weighted by Crippen LogP contribution is 2.57. The molecule has 1 heterocycles. The molecule has 0 aromatic carbocycles. The number of halogens is 1. The molecule has 2 aliphatic carbocycles. The smallest absolute Gasteiger partial charge is 0.254 e. The van der Waals surface area contributed by atoms with Gasteiger partial charge in [0.2, 0.25) is 5.54 Å². The molecule has 1 saturated heterocycles. The van der Waals surface area contributed by atoms with Gasteiger partial charge in [0.25, 0.3) is 6.04 Å². The Hall–Kier alpha value is -0.810. The van der Waals surface area contributed by atoms with Crippen LogP contribution in [0.25, 0.3) is 9.69 Å². The van der Waals surface area contributed by atoms with E-state index in [1.54, 1.807) is 6.92 Å². The van der Waals surface area contributed by atoms with Crippen molar-refractivity contribution in [2.24, 2.45) is 17.8 Å². The summed E-state index contributed by atoms with van der Waals surface area (Å²) in [4.78, 5) is 7.95. The second kappa shape index (κ2) is 6.62. The Morgan fingerprint density at radius 3 is 2.30 bits per heavy atom. The normalized spacial score (nSPS) is 52.3. The van der Waals surface area contributed by atoms with E-state index in [2.05, 4.69) is 37.4 Å². The van der Waals surface area contributed by atoms with Crippen molar-refractivity contribution in [2.45, 2.75) is 107 Å². The van der Waals surface area contributed by atoms with Gasteiger partial charge in [-0.15, -0.1) is 11.6 Å². The summed E-state index contributed by atoms with van der Waals surface area (Å²) >= 11 is 6.51. The Morgan fingerprint density at radius 1 is 1.07 bits per heavy atom. The maximum atomic E-state index is 10.9. The maximum Gasteiger partial charge on any atom is 0.254 e. The lowest BCUT2D eigenvalue weighted by atomic mass is 9.53. The van der Waals surface area contributed by atoms with E-state index in [1.165, 1.54) is 0 Å². The fourth-order valence-corrected chi connectivity index (χ4v) is 6.36. The average molecular weight is 393 g/mol. The molecule has 0 amide bonds. The standard InChI is InChI=1S/C22H33ClN2O2/c1-19(2)17(23)9-11-22(5,27-19)14-12-15-16(20(3,13-14)25-7)8-10-21(4,26)18(15)24-6/h14-18,26H,8-13H2,1-5H3/t14-,15?,16+,17+,18-,20+,21-,22-/m1/s1. The van der Waals surface area contributed by atoms with E-state index in [9.17, 15) is 5.11 Å². The topological polar surface area (TPSA) is 38.2 Å². The van der Waals surface area contributed by atoms with Gasteiger partial charge in [-0.3, -0.25) is 0 Å². The monoisotopic (exact) mass is 392 g/mol. The van der Waals surface area contributed by atoms with E-state index in [0.717, 1.165) is 32.1 Å². The minimum absolute atomic E-state index is 0.0134. The number of hydrogen-bond acceptors (Lipinski definition) is 2. The van der Waals surface area contributed by atoms with Gasteiger partial charge in [0, 0.05) is 25.2 Å². The van der Waals surface area contributed by atoms with Gasteiger partial charge in [0.05, 0.1) is 16.6 Å². The first kappa shape index (κ1) is 20.9. The lowest BCUT2D eigenvalue weighted by Crippen LogP contribution is -2.61. The SMILES string of the molecule is [C-]#[N+][C@@H]1C2C[C@@H]([C@@]3(C)CC[C@H](Cl)C(C)(C)O3)C[C@](C)([N+]#[C-])[C@H]2CC[C@@]1(C)O. The maximum absolute atomic E-state index is 10.9. The molecule has 5 heteroatoms. The van der Waals surface area contributed by atoms with E-state index in [-0.39, 0.29) is 28.7 Å². The predicted molar refractivity (Wildman–Crippen MR) is 107 cm³/mol. The van der Waals surface area contributed by atoms with Crippen LogP contribution in [0.15, 0.2) is 0 Å². The minimum Gasteiger partial charge on any atom is -0.382 e. The molecule has 3 fully saturated rings. The average Bonchev–Trinajstić information content (AvgIpc) is 2.57. The van der Waals surface area contributed by atoms with Crippen LogP contribution in [-0.4, -0.2) is 38.9 Å². The van der Waals surface area contributed by atoms with Gasteiger partial charge >= 0.3 is 0 Å². The molecule has 0 spiro atoms. The van der Waals surface area contributed by atoms with Crippen molar-refractivity contribution in [1.82, 2.24) is 0 Å². The third kappa shape index (κ3) is 3.39. The summed E-state index contributed by atoms with van der Waals surface area (Å²) in [6, 6.07) is -0.443. The summed E-state index contributed by atoms with van der Waals surface area (Å²) in [6.45, 7) is 25.8. The predicted octanol–water partition coefficient (Wildman–Crippen LogP) is 5.09. The van der Waals surface area contributed by atoms with E-state index in [1.807, 2.05) is 0 Å². The third-order valence-corrected chi connectivity index (χ3v) is 8.68. The molecular formula is C22H33ClN2O2. The van der Waals surface area contributed by atoms with Crippen LogP contribution in [0.2, 0.25) is 0 Å². The number of aliphatic hydroxyl groups is 1. The number of fused-ring (bicyclic) bond motifs is 1. The van der Waals surface area contributed by atoms with E-state index < -0.39 is 22.8 Å². The molecule has 4 nitrogen and oxygen atoms in total. The molecule has 0 bridgehead atoms. The molecule has 8 atom stereocenters. The van der Waals surface area contributed by atoms with Crippen molar-refractivity contribution in [2.75, 3.05) is 0 Å². The van der Waals surface area contributed by atoms with Crippen molar-refractivity contribution in [3.05, 3.63) is 22.8 Å². The first-order chi connectivity index (χ1) is 12.4. The molecule has 3 rings (SSSR count). The molecule has 1 aliphatic heterocycles. The van der Waals surface area contributed by atoms with Crippen molar-refractivity contribution >= 4 is 11.6 Å². The van der Waals surface area contributed by atoms with E-state index in [4.69, 9.17) is 29.5 Å². The van der Waals surface area contributed by atoms with Crippen molar-refractivity contribution in [1.29, 1.82) is 0 Å². The molecule has 150 valence electrons. The Balaban J connectivity index is 1.95. The Kier molecular flexibility index (Phi) is 5.13. The highest BCUT2D eigenvalue weighted by Gasteiger charge is 2.64. The molecule has 0 aromatic rings. The van der Waals surface area contributed by atoms with Gasteiger partial charge in [-0.2, -0.15) is 0 Å².